The molecule has 2 aliphatic rings. The molecule has 1 aliphatic carbocycles. The molecule has 0 saturated heterocycles. The molecular formula is C22H24N2O2. The number of rotatable bonds is 4. The van der Waals surface area contributed by atoms with Crippen LogP contribution in [0.3, 0.4) is 0 Å². The van der Waals surface area contributed by atoms with Crippen LogP contribution in [-0.4, -0.2) is 29.8 Å². The van der Waals surface area contributed by atoms with Gasteiger partial charge in [-0.2, -0.15) is 0 Å². The lowest BCUT2D eigenvalue weighted by atomic mass is 10.1. The van der Waals surface area contributed by atoms with Crippen molar-refractivity contribution in [1.82, 2.24) is 4.90 Å². The van der Waals surface area contributed by atoms with E-state index < -0.39 is 0 Å². The Morgan fingerprint density at radius 2 is 1.73 bits per heavy atom. The quantitative estimate of drug-likeness (QED) is 0.851. The van der Waals surface area contributed by atoms with Gasteiger partial charge in [-0.15, -0.1) is 0 Å². The Morgan fingerprint density at radius 3 is 2.50 bits per heavy atom. The lowest BCUT2D eigenvalue weighted by molar-refractivity contribution is -0.133. The highest BCUT2D eigenvalue weighted by Crippen LogP contribution is 2.44. The number of para-hydroxylation sites is 1. The monoisotopic (exact) mass is 348 g/mol. The van der Waals surface area contributed by atoms with Crippen molar-refractivity contribution in [2.75, 3.05) is 11.9 Å². The van der Waals surface area contributed by atoms with Gasteiger partial charge in [0.15, 0.2) is 0 Å². The van der Waals surface area contributed by atoms with Gasteiger partial charge in [-0.25, -0.2) is 0 Å². The molecule has 0 spiro atoms. The van der Waals surface area contributed by atoms with Gasteiger partial charge in [-0.05, 0) is 37.0 Å². The molecule has 134 valence electrons. The van der Waals surface area contributed by atoms with Crippen LogP contribution in [0.4, 0.5) is 5.69 Å². The number of fused-ring (bicyclic) bond motifs is 1. The van der Waals surface area contributed by atoms with Gasteiger partial charge in [0.25, 0.3) is 0 Å². The number of benzene rings is 2. The van der Waals surface area contributed by atoms with E-state index in [-0.39, 0.29) is 29.7 Å². The van der Waals surface area contributed by atoms with Crippen LogP contribution < -0.4 is 4.90 Å². The minimum Gasteiger partial charge on any atom is -0.341 e. The van der Waals surface area contributed by atoms with Crippen molar-refractivity contribution >= 4 is 17.5 Å². The maximum absolute atomic E-state index is 13.0. The largest absolute Gasteiger partial charge is 0.341 e. The molecule has 0 radical (unpaired) electrons. The standard InChI is InChI=1S/C22H24N2O2/c1-15-12-17-10-6-7-11-20(17)24(15)22(26)19-13-18(19)21(25)23(2)14-16-8-4-3-5-9-16/h3-11,15,18-19H,12-14H2,1-2H3. The number of anilines is 1. The lowest BCUT2D eigenvalue weighted by Gasteiger charge is -2.23. The summed E-state index contributed by atoms with van der Waals surface area (Å²) in [5.41, 5.74) is 3.34. The zero-order valence-electron chi connectivity index (χ0n) is 15.3. The topological polar surface area (TPSA) is 40.6 Å². The zero-order chi connectivity index (χ0) is 18.3. The maximum Gasteiger partial charge on any atom is 0.231 e. The second-order valence-electron chi connectivity index (χ2n) is 7.52. The SMILES string of the molecule is CC1Cc2ccccc2N1C(=O)C1CC1C(=O)N(C)Cc1ccccc1. The van der Waals surface area contributed by atoms with Crippen molar-refractivity contribution in [2.45, 2.75) is 32.4 Å². The van der Waals surface area contributed by atoms with Crippen molar-refractivity contribution < 1.29 is 9.59 Å². The van der Waals surface area contributed by atoms with Crippen LogP contribution in [0.1, 0.15) is 24.5 Å². The normalized spacial score (nSPS) is 23.5. The molecule has 2 amide bonds. The van der Waals surface area contributed by atoms with Crippen molar-refractivity contribution in [3.63, 3.8) is 0 Å². The predicted molar refractivity (Wildman–Crippen MR) is 102 cm³/mol. The van der Waals surface area contributed by atoms with E-state index in [1.54, 1.807) is 4.90 Å². The zero-order valence-corrected chi connectivity index (χ0v) is 15.3. The highest BCUT2D eigenvalue weighted by Gasteiger charge is 2.52. The first-order valence-electron chi connectivity index (χ1n) is 9.26. The van der Waals surface area contributed by atoms with Gasteiger partial charge in [0.1, 0.15) is 0 Å². The molecule has 1 heterocycles. The summed E-state index contributed by atoms with van der Waals surface area (Å²) in [5.74, 6) is -0.160. The molecule has 1 aliphatic heterocycles. The second-order valence-corrected chi connectivity index (χ2v) is 7.52. The summed E-state index contributed by atoms with van der Waals surface area (Å²) in [6.45, 7) is 2.67. The van der Waals surface area contributed by atoms with Gasteiger partial charge in [-0.3, -0.25) is 9.59 Å². The first-order chi connectivity index (χ1) is 12.6. The van der Waals surface area contributed by atoms with Crippen molar-refractivity contribution in [2.24, 2.45) is 11.8 Å². The summed E-state index contributed by atoms with van der Waals surface area (Å²) in [7, 11) is 1.82. The van der Waals surface area contributed by atoms with E-state index in [0.717, 1.165) is 17.7 Å². The minimum absolute atomic E-state index is 0.0762. The molecule has 0 N–H and O–H groups in total. The van der Waals surface area contributed by atoms with Gasteiger partial charge < -0.3 is 9.80 Å². The smallest absolute Gasteiger partial charge is 0.231 e. The van der Waals surface area contributed by atoms with Crippen LogP contribution >= 0.6 is 0 Å². The van der Waals surface area contributed by atoms with Crippen molar-refractivity contribution in [3.8, 4) is 0 Å². The Hall–Kier alpha value is -2.62. The van der Waals surface area contributed by atoms with Gasteiger partial charge in [-0.1, -0.05) is 48.5 Å². The van der Waals surface area contributed by atoms with E-state index in [9.17, 15) is 9.59 Å². The maximum atomic E-state index is 13.0. The summed E-state index contributed by atoms with van der Waals surface area (Å²) < 4.78 is 0. The highest BCUT2D eigenvalue weighted by molar-refractivity contribution is 6.02. The van der Waals surface area contributed by atoms with Gasteiger partial charge in [0.2, 0.25) is 11.8 Å². The first kappa shape index (κ1) is 16.8. The fourth-order valence-corrected chi connectivity index (χ4v) is 4.04. The van der Waals surface area contributed by atoms with Crippen LogP contribution in [0, 0.1) is 11.8 Å². The Morgan fingerprint density at radius 1 is 1.04 bits per heavy atom. The molecule has 26 heavy (non-hydrogen) atoms. The molecule has 4 heteroatoms. The summed E-state index contributed by atoms with van der Waals surface area (Å²) >= 11 is 0. The fourth-order valence-electron chi connectivity index (χ4n) is 4.04. The third-order valence-corrected chi connectivity index (χ3v) is 5.51. The van der Waals surface area contributed by atoms with Gasteiger partial charge in [0.05, 0.1) is 11.8 Å². The first-order valence-corrected chi connectivity index (χ1v) is 9.26. The number of hydrogen-bond acceptors (Lipinski definition) is 2. The molecule has 0 aromatic heterocycles. The third-order valence-electron chi connectivity index (χ3n) is 5.51. The third kappa shape index (κ3) is 3.00. The molecule has 2 aromatic rings. The summed E-state index contributed by atoms with van der Waals surface area (Å²) in [5, 5.41) is 0. The molecule has 0 bridgehead atoms. The second kappa shape index (κ2) is 6.60. The highest BCUT2D eigenvalue weighted by atomic mass is 16.2. The molecule has 3 unspecified atom stereocenters. The Kier molecular flexibility index (Phi) is 4.27. The number of carbonyl (C=O) groups is 2. The van der Waals surface area contributed by atoms with Crippen LogP contribution in [0.5, 0.6) is 0 Å². The molecule has 2 aromatic carbocycles. The van der Waals surface area contributed by atoms with E-state index in [0.29, 0.717) is 13.0 Å². The minimum atomic E-state index is -0.172. The average Bonchev–Trinajstić information content (AvgIpc) is 3.37. The molecule has 4 nitrogen and oxygen atoms in total. The fraction of sp³-hybridized carbons (Fsp3) is 0.364. The number of amides is 2. The molecule has 1 saturated carbocycles. The Balaban J connectivity index is 1.42. The van der Waals surface area contributed by atoms with E-state index in [2.05, 4.69) is 13.0 Å². The molecule has 1 fully saturated rings. The molecular weight excluding hydrogens is 324 g/mol. The van der Waals surface area contributed by atoms with E-state index in [1.165, 1.54) is 5.56 Å². The van der Waals surface area contributed by atoms with Crippen LogP contribution in [0.15, 0.2) is 54.6 Å². The average molecular weight is 348 g/mol. The number of hydrogen-bond donors (Lipinski definition) is 0. The summed E-state index contributed by atoms with van der Waals surface area (Å²) in [4.78, 5) is 29.4. The Bertz CT molecular complexity index is 833. The Labute approximate surface area is 154 Å². The lowest BCUT2D eigenvalue weighted by Crippen LogP contribution is -2.38. The van der Waals surface area contributed by atoms with Gasteiger partial charge >= 0.3 is 0 Å². The van der Waals surface area contributed by atoms with Crippen molar-refractivity contribution in [3.05, 3.63) is 65.7 Å². The van der Waals surface area contributed by atoms with E-state index >= 15 is 0 Å². The van der Waals surface area contributed by atoms with Crippen LogP contribution in [0.25, 0.3) is 0 Å². The van der Waals surface area contributed by atoms with E-state index in [4.69, 9.17) is 0 Å². The summed E-state index contributed by atoms with van der Waals surface area (Å²) in [6, 6.07) is 18.2. The van der Waals surface area contributed by atoms with Crippen LogP contribution in [0.2, 0.25) is 0 Å². The number of nitrogens with zero attached hydrogens (tertiary/aromatic N) is 2. The van der Waals surface area contributed by atoms with E-state index in [1.807, 2.05) is 60.5 Å². The van der Waals surface area contributed by atoms with Gasteiger partial charge in [0, 0.05) is 25.3 Å². The van der Waals surface area contributed by atoms with Crippen molar-refractivity contribution in [1.29, 1.82) is 0 Å². The number of carbonyl (C=O) groups excluding carboxylic acids is 2. The summed E-state index contributed by atoms with van der Waals surface area (Å²) in [6.07, 6.45) is 1.56. The molecule has 3 atom stereocenters. The predicted octanol–water partition coefficient (Wildman–Crippen LogP) is 3.26. The van der Waals surface area contributed by atoms with Crippen LogP contribution in [-0.2, 0) is 22.6 Å². The molecule has 4 rings (SSSR count).